The molecule has 0 aliphatic carbocycles. The van der Waals surface area contributed by atoms with Gasteiger partial charge in [-0.05, 0) is 23.8 Å². The summed E-state index contributed by atoms with van der Waals surface area (Å²) in [6, 6.07) is 3.95. The molecule has 0 saturated carbocycles. The van der Waals surface area contributed by atoms with Gasteiger partial charge in [-0.2, -0.15) is 0 Å². The number of esters is 1. The van der Waals surface area contributed by atoms with Crippen molar-refractivity contribution in [3.63, 3.8) is 0 Å². The Morgan fingerprint density at radius 3 is 2.48 bits per heavy atom. The zero-order chi connectivity index (χ0) is 21.6. The molecular formula is C18H24O11. The van der Waals surface area contributed by atoms with Gasteiger partial charge in [0.1, 0.15) is 37.1 Å². The maximum Gasteiger partial charge on any atom is 0.330 e. The Bertz CT molecular complexity index is 705. The van der Waals surface area contributed by atoms with E-state index in [0.29, 0.717) is 5.56 Å². The van der Waals surface area contributed by atoms with Crippen LogP contribution in [0.1, 0.15) is 5.56 Å². The Morgan fingerprint density at radius 2 is 1.83 bits per heavy atom. The van der Waals surface area contributed by atoms with E-state index in [1.54, 1.807) is 0 Å². The van der Waals surface area contributed by atoms with Crippen LogP contribution in [0.4, 0.5) is 0 Å². The van der Waals surface area contributed by atoms with Crippen molar-refractivity contribution in [2.24, 2.45) is 0 Å². The van der Waals surface area contributed by atoms with Gasteiger partial charge in [0.2, 0.25) is 0 Å². The summed E-state index contributed by atoms with van der Waals surface area (Å²) in [6.45, 7) is -1.48. The molecule has 1 heterocycles. The van der Waals surface area contributed by atoms with Gasteiger partial charge in [-0.15, -0.1) is 0 Å². The average molecular weight is 416 g/mol. The zero-order valence-electron chi connectivity index (χ0n) is 15.2. The first kappa shape index (κ1) is 23.0. The van der Waals surface area contributed by atoms with E-state index in [-0.39, 0.29) is 11.5 Å². The number of carbonyl (C=O) groups excluding carboxylic acids is 1. The van der Waals surface area contributed by atoms with Crippen molar-refractivity contribution in [3.05, 3.63) is 29.8 Å². The van der Waals surface area contributed by atoms with Crippen LogP contribution in [0, 0.1) is 0 Å². The Kier molecular flexibility index (Phi) is 8.34. The molecule has 162 valence electrons. The van der Waals surface area contributed by atoms with Gasteiger partial charge in [0, 0.05) is 6.08 Å². The van der Waals surface area contributed by atoms with Crippen molar-refractivity contribution in [2.75, 3.05) is 19.8 Å². The summed E-state index contributed by atoms with van der Waals surface area (Å²) in [6.07, 6.45) is -6.18. The van der Waals surface area contributed by atoms with E-state index in [0.717, 1.165) is 6.08 Å². The summed E-state index contributed by atoms with van der Waals surface area (Å²) in [5, 5.41) is 66.6. The van der Waals surface area contributed by atoms with Crippen molar-refractivity contribution in [3.8, 4) is 11.5 Å². The summed E-state index contributed by atoms with van der Waals surface area (Å²) in [5.74, 6) is -1.43. The highest BCUT2D eigenvalue weighted by molar-refractivity contribution is 5.87. The fourth-order valence-electron chi connectivity index (χ4n) is 2.49. The molecule has 0 aromatic heterocycles. The van der Waals surface area contributed by atoms with Gasteiger partial charge in [-0.1, -0.05) is 6.07 Å². The van der Waals surface area contributed by atoms with Crippen molar-refractivity contribution in [2.45, 2.75) is 36.8 Å². The van der Waals surface area contributed by atoms with Gasteiger partial charge in [0.25, 0.3) is 0 Å². The number of phenols is 2. The van der Waals surface area contributed by atoms with E-state index in [9.17, 15) is 35.4 Å². The maximum atomic E-state index is 11.7. The zero-order valence-corrected chi connectivity index (χ0v) is 15.2. The minimum Gasteiger partial charge on any atom is -0.504 e. The van der Waals surface area contributed by atoms with Crippen LogP contribution in [0.2, 0.25) is 0 Å². The third kappa shape index (κ3) is 6.37. The van der Waals surface area contributed by atoms with Gasteiger partial charge in [-0.3, -0.25) is 0 Å². The number of phenolic OH excluding ortho intramolecular Hbond substituents is 2. The molecule has 11 nitrogen and oxygen atoms in total. The van der Waals surface area contributed by atoms with Crippen molar-refractivity contribution in [1.82, 2.24) is 0 Å². The van der Waals surface area contributed by atoms with Crippen molar-refractivity contribution >= 4 is 12.0 Å². The summed E-state index contributed by atoms with van der Waals surface area (Å²) < 4.78 is 15.1. The van der Waals surface area contributed by atoms with Crippen LogP contribution < -0.4 is 0 Å². The van der Waals surface area contributed by atoms with Crippen LogP contribution in [0.5, 0.6) is 11.5 Å². The Labute approximate surface area is 165 Å². The molecule has 1 aromatic carbocycles. The minimum atomic E-state index is -1.61. The lowest BCUT2D eigenvalue weighted by atomic mass is 9.99. The minimum absolute atomic E-state index is 0.299. The Morgan fingerprint density at radius 1 is 1.10 bits per heavy atom. The molecule has 1 aliphatic heterocycles. The van der Waals surface area contributed by atoms with E-state index in [4.69, 9.17) is 19.3 Å². The lowest BCUT2D eigenvalue weighted by molar-refractivity contribution is -0.304. The van der Waals surface area contributed by atoms with Crippen LogP contribution in [0.3, 0.4) is 0 Å². The molecule has 1 fully saturated rings. The van der Waals surface area contributed by atoms with E-state index in [1.807, 2.05) is 0 Å². The predicted molar refractivity (Wildman–Crippen MR) is 95.5 cm³/mol. The molecule has 6 atom stereocenters. The van der Waals surface area contributed by atoms with Gasteiger partial charge >= 0.3 is 5.97 Å². The smallest absolute Gasteiger partial charge is 0.330 e. The Balaban J connectivity index is 1.76. The highest BCUT2D eigenvalue weighted by Gasteiger charge is 2.44. The standard InChI is InChI=1S/C18H24O11/c19-6-13-15(24)16(25)17(26)18(29-13)28-8-10(20)7-27-14(23)4-2-9-1-3-11(21)12(22)5-9/h1-5,10,13,15-22,24-26H,6-8H2/b4-2+/t10-,13?,15-,16-,17?,18-/m1/s1. The topological polar surface area (TPSA) is 186 Å². The predicted octanol–water partition coefficient (Wildman–Crippen LogP) is -2.17. The molecule has 0 bridgehead atoms. The third-order valence-electron chi connectivity index (χ3n) is 4.13. The van der Waals surface area contributed by atoms with E-state index < -0.39 is 62.6 Å². The van der Waals surface area contributed by atoms with E-state index in [1.165, 1.54) is 24.3 Å². The first-order valence-electron chi connectivity index (χ1n) is 8.70. The molecular weight excluding hydrogens is 392 g/mol. The lowest BCUT2D eigenvalue weighted by Crippen LogP contribution is -2.59. The Hall–Kier alpha value is -2.25. The average Bonchev–Trinajstić information content (AvgIpc) is 2.70. The molecule has 0 amide bonds. The first-order valence-corrected chi connectivity index (χ1v) is 8.70. The molecule has 0 spiro atoms. The van der Waals surface area contributed by atoms with Crippen molar-refractivity contribution in [1.29, 1.82) is 0 Å². The second-order valence-corrected chi connectivity index (χ2v) is 6.40. The summed E-state index contributed by atoms with van der Waals surface area (Å²) in [4.78, 5) is 11.7. The van der Waals surface area contributed by atoms with E-state index >= 15 is 0 Å². The molecule has 1 saturated heterocycles. The van der Waals surface area contributed by atoms with Gasteiger partial charge in [0.15, 0.2) is 17.8 Å². The highest BCUT2D eigenvalue weighted by Crippen LogP contribution is 2.25. The second kappa shape index (κ2) is 10.5. The van der Waals surface area contributed by atoms with Gasteiger partial charge in [-0.25, -0.2) is 4.79 Å². The first-order chi connectivity index (χ1) is 13.7. The molecule has 7 N–H and O–H groups in total. The number of benzene rings is 1. The fraction of sp³-hybridized carbons (Fsp3) is 0.500. The summed E-state index contributed by atoms with van der Waals surface area (Å²) >= 11 is 0. The van der Waals surface area contributed by atoms with E-state index in [2.05, 4.69) is 0 Å². The molecule has 29 heavy (non-hydrogen) atoms. The number of rotatable bonds is 8. The fourth-order valence-corrected chi connectivity index (χ4v) is 2.49. The molecule has 1 aromatic rings. The number of hydrogen-bond acceptors (Lipinski definition) is 11. The third-order valence-corrected chi connectivity index (χ3v) is 4.13. The number of hydrogen-bond donors (Lipinski definition) is 7. The summed E-state index contributed by atoms with van der Waals surface area (Å²) in [5.41, 5.74) is 0.434. The van der Waals surface area contributed by atoms with Crippen molar-refractivity contribution < 1.29 is 54.8 Å². The quantitative estimate of drug-likeness (QED) is 0.139. The molecule has 2 rings (SSSR count). The SMILES string of the molecule is O=C(/C=C/c1ccc(O)c(O)c1)OC[C@@H](O)CO[C@@H]1OC(CO)[C@@H](O)[C@@H](O)C1O. The number of carbonyl (C=O) groups is 1. The number of aliphatic hydroxyl groups excluding tert-OH is 5. The van der Waals surface area contributed by atoms with Crippen LogP contribution in [0.25, 0.3) is 6.08 Å². The molecule has 1 aliphatic rings. The molecule has 11 heteroatoms. The van der Waals surface area contributed by atoms with Gasteiger partial charge in [0.05, 0.1) is 13.2 Å². The molecule has 2 unspecified atom stereocenters. The van der Waals surface area contributed by atoms with Crippen LogP contribution in [-0.4, -0.2) is 98.3 Å². The number of ether oxygens (including phenoxy) is 3. The number of aliphatic hydroxyl groups is 5. The maximum absolute atomic E-state index is 11.7. The largest absolute Gasteiger partial charge is 0.504 e. The normalized spacial score (nSPS) is 28.4. The summed E-state index contributed by atoms with van der Waals surface area (Å²) in [7, 11) is 0. The van der Waals surface area contributed by atoms with Crippen LogP contribution in [0.15, 0.2) is 24.3 Å². The molecule has 0 radical (unpaired) electrons. The highest BCUT2D eigenvalue weighted by atomic mass is 16.7. The number of aromatic hydroxyl groups is 2. The van der Waals surface area contributed by atoms with Gasteiger partial charge < -0.3 is 50.0 Å². The lowest BCUT2D eigenvalue weighted by Gasteiger charge is -2.39. The monoisotopic (exact) mass is 416 g/mol. The second-order valence-electron chi connectivity index (χ2n) is 6.40. The van der Waals surface area contributed by atoms with Crippen LogP contribution >= 0.6 is 0 Å². The van der Waals surface area contributed by atoms with Crippen LogP contribution in [-0.2, 0) is 19.0 Å².